The van der Waals surface area contributed by atoms with E-state index in [1.165, 1.54) is 11.3 Å². The molecule has 0 bridgehead atoms. The van der Waals surface area contributed by atoms with Crippen molar-refractivity contribution < 1.29 is 4.79 Å². The lowest BCUT2D eigenvalue weighted by molar-refractivity contribution is -0.121. The molecule has 3 nitrogen and oxygen atoms in total. The number of hydrogen-bond acceptors (Lipinski definition) is 2. The predicted octanol–water partition coefficient (Wildman–Crippen LogP) is 2.91. The Morgan fingerprint density at radius 1 is 1.43 bits per heavy atom. The average molecular weight is 284 g/mol. The van der Waals surface area contributed by atoms with Crippen LogP contribution in [-0.2, 0) is 11.2 Å². The van der Waals surface area contributed by atoms with Gasteiger partial charge in [0.15, 0.2) is 0 Å². The number of hydrogen-bond donors (Lipinski definition) is 1. The van der Waals surface area contributed by atoms with Crippen molar-refractivity contribution >= 4 is 11.6 Å². The first-order valence-corrected chi connectivity index (χ1v) is 8.02. The molecule has 21 heavy (non-hydrogen) atoms. The van der Waals surface area contributed by atoms with Gasteiger partial charge < -0.3 is 10.2 Å². The molecule has 1 heterocycles. The van der Waals surface area contributed by atoms with Crippen LogP contribution in [-0.4, -0.2) is 25.0 Å². The summed E-state index contributed by atoms with van der Waals surface area (Å²) in [4.78, 5) is 14.4. The highest BCUT2D eigenvalue weighted by atomic mass is 16.1. The second kappa shape index (κ2) is 6.33. The third-order valence-electron chi connectivity index (χ3n) is 4.61. The van der Waals surface area contributed by atoms with Crippen molar-refractivity contribution in [2.75, 3.05) is 18.0 Å². The minimum atomic E-state index is 0.186. The standard InChI is InChI=1S/C18H24N2O/c1-14(13-19-18(21)12-15-6-2-3-7-15)20-11-10-16-8-4-5-9-17(16)20/h2,4-6,8-9,14-15H,3,7,10-13H2,1H3,(H,19,21). The van der Waals surface area contributed by atoms with Gasteiger partial charge in [-0.05, 0) is 43.7 Å². The number of amides is 1. The molecule has 2 atom stereocenters. The van der Waals surface area contributed by atoms with Gasteiger partial charge >= 0.3 is 0 Å². The molecule has 2 aliphatic rings. The molecule has 0 spiro atoms. The maximum Gasteiger partial charge on any atom is 0.220 e. The van der Waals surface area contributed by atoms with Gasteiger partial charge in [0.25, 0.3) is 0 Å². The van der Waals surface area contributed by atoms with Crippen LogP contribution in [0.4, 0.5) is 5.69 Å². The Kier molecular flexibility index (Phi) is 4.28. The Balaban J connectivity index is 1.49. The number of carbonyl (C=O) groups is 1. The topological polar surface area (TPSA) is 32.3 Å². The smallest absolute Gasteiger partial charge is 0.220 e. The molecule has 1 amide bonds. The fourth-order valence-corrected chi connectivity index (χ4v) is 3.37. The summed E-state index contributed by atoms with van der Waals surface area (Å²) in [6, 6.07) is 8.92. The second-order valence-electron chi connectivity index (χ2n) is 6.19. The molecule has 1 aliphatic carbocycles. The molecule has 1 aromatic carbocycles. The van der Waals surface area contributed by atoms with E-state index >= 15 is 0 Å². The quantitative estimate of drug-likeness (QED) is 0.843. The van der Waals surface area contributed by atoms with Gasteiger partial charge in [0, 0.05) is 31.2 Å². The molecule has 1 aromatic rings. The normalized spacial score (nSPS) is 21.4. The highest BCUT2D eigenvalue weighted by molar-refractivity contribution is 5.76. The van der Waals surface area contributed by atoms with Crippen LogP contribution in [0, 0.1) is 5.92 Å². The number of nitrogens with zero attached hydrogens (tertiary/aromatic N) is 1. The van der Waals surface area contributed by atoms with E-state index in [-0.39, 0.29) is 5.91 Å². The lowest BCUT2D eigenvalue weighted by Crippen LogP contribution is -2.41. The van der Waals surface area contributed by atoms with Gasteiger partial charge in [0.05, 0.1) is 0 Å². The van der Waals surface area contributed by atoms with E-state index in [1.54, 1.807) is 0 Å². The molecule has 3 rings (SSSR count). The number of anilines is 1. The van der Waals surface area contributed by atoms with Gasteiger partial charge in [-0.3, -0.25) is 4.79 Å². The minimum Gasteiger partial charge on any atom is -0.366 e. The fourth-order valence-electron chi connectivity index (χ4n) is 3.37. The Morgan fingerprint density at radius 2 is 2.29 bits per heavy atom. The maximum atomic E-state index is 12.0. The largest absolute Gasteiger partial charge is 0.366 e. The molecule has 0 saturated heterocycles. The zero-order chi connectivity index (χ0) is 14.7. The fraction of sp³-hybridized carbons (Fsp3) is 0.500. The van der Waals surface area contributed by atoms with E-state index in [9.17, 15) is 4.79 Å². The molecule has 112 valence electrons. The summed E-state index contributed by atoms with van der Waals surface area (Å²) in [7, 11) is 0. The zero-order valence-electron chi connectivity index (χ0n) is 12.7. The summed E-state index contributed by atoms with van der Waals surface area (Å²) in [5, 5.41) is 3.10. The molecule has 3 heteroatoms. The summed E-state index contributed by atoms with van der Waals surface area (Å²) >= 11 is 0. The van der Waals surface area contributed by atoms with E-state index in [1.807, 2.05) is 0 Å². The van der Waals surface area contributed by atoms with E-state index in [2.05, 4.69) is 53.6 Å². The molecule has 0 radical (unpaired) electrons. The number of fused-ring (bicyclic) bond motifs is 1. The van der Waals surface area contributed by atoms with Crippen LogP contribution in [0.3, 0.4) is 0 Å². The van der Waals surface area contributed by atoms with E-state index in [4.69, 9.17) is 0 Å². The Hall–Kier alpha value is -1.77. The van der Waals surface area contributed by atoms with Gasteiger partial charge in [-0.25, -0.2) is 0 Å². The SMILES string of the molecule is CC(CNC(=O)CC1C=CCC1)N1CCc2ccccc21. The Morgan fingerprint density at radius 3 is 3.10 bits per heavy atom. The van der Waals surface area contributed by atoms with E-state index in [0.717, 1.165) is 32.4 Å². The Bertz CT molecular complexity index is 538. The van der Waals surface area contributed by atoms with Gasteiger partial charge in [0.1, 0.15) is 0 Å². The first-order valence-electron chi connectivity index (χ1n) is 8.02. The van der Waals surface area contributed by atoms with E-state index in [0.29, 0.717) is 18.4 Å². The van der Waals surface area contributed by atoms with Gasteiger partial charge in [-0.15, -0.1) is 0 Å². The molecule has 1 N–H and O–H groups in total. The van der Waals surface area contributed by atoms with Crippen molar-refractivity contribution in [1.29, 1.82) is 0 Å². The van der Waals surface area contributed by atoms with E-state index < -0.39 is 0 Å². The lowest BCUT2D eigenvalue weighted by Gasteiger charge is -2.27. The minimum absolute atomic E-state index is 0.186. The van der Waals surface area contributed by atoms with Crippen molar-refractivity contribution in [3.63, 3.8) is 0 Å². The lowest BCUT2D eigenvalue weighted by atomic mass is 10.1. The van der Waals surface area contributed by atoms with Gasteiger partial charge in [0.2, 0.25) is 5.91 Å². The molecular weight excluding hydrogens is 260 g/mol. The highest BCUT2D eigenvalue weighted by Crippen LogP contribution is 2.29. The second-order valence-corrected chi connectivity index (χ2v) is 6.19. The summed E-state index contributed by atoms with van der Waals surface area (Å²) in [6.07, 6.45) is 8.37. The van der Waals surface area contributed by atoms with Gasteiger partial charge in [-0.2, -0.15) is 0 Å². The van der Waals surface area contributed by atoms with Crippen LogP contribution in [0.2, 0.25) is 0 Å². The number of allylic oxidation sites excluding steroid dienone is 2. The van der Waals surface area contributed by atoms with Crippen LogP contribution in [0.25, 0.3) is 0 Å². The number of para-hydroxylation sites is 1. The predicted molar refractivity (Wildman–Crippen MR) is 86.4 cm³/mol. The van der Waals surface area contributed by atoms with Crippen molar-refractivity contribution in [2.24, 2.45) is 5.92 Å². The molecular formula is C18H24N2O. The van der Waals surface area contributed by atoms with Crippen LogP contribution >= 0.6 is 0 Å². The Labute approximate surface area is 127 Å². The number of nitrogens with one attached hydrogen (secondary N) is 1. The summed E-state index contributed by atoms with van der Waals surface area (Å²) in [6.45, 7) is 3.98. The number of rotatable bonds is 5. The van der Waals surface area contributed by atoms with Crippen LogP contribution in [0.5, 0.6) is 0 Å². The number of benzene rings is 1. The molecule has 2 unspecified atom stereocenters. The summed E-state index contributed by atoms with van der Waals surface area (Å²) in [5.41, 5.74) is 2.75. The molecule has 1 aliphatic heterocycles. The monoisotopic (exact) mass is 284 g/mol. The number of carbonyl (C=O) groups excluding carboxylic acids is 1. The van der Waals surface area contributed by atoms with Gasteiger partial charge in [-0.1, -0.05) is 30.4 Å². The maximum absolute atomic E-state index is 12.0. The van der Waals surface area contributed by atoms with Crippen molar-refractivity contribution in [3.8, 4) is 0 Å². The molecule has 0 saturated carbocycles. The third kappa shape index (κ3) is 3.29. The summed E-state index contributed by atoms with van der Waals surface area (Å²) < 4.78 is 0. The van der Waals surface area contributed by atoms with Crippen LogP contribution in [0.15, 0.2) is 36.4 Å². The first-order chi connectivity index (χ1) is 10.2. The molecule has 0 aromatic heterocycles. The third-order valence-corrected chi connectivity index (χ3v) is 4.61. The van der Waals surface area contributed by atoms with Crippen LogP contribution in [0.1, 0.15) is 31.7 Å². The summed E-state index contributed by atoms with van der Waals surface area (Å²) in [5.74, 6) is 0.638. The van der Waals surface area contributed by atoms with Crippen molar-refractivity contribution in [1.82, 2.24) is 5.32 Å². The zero-order valence-corrected chi connectivity index (χ0v) is 12.7. The van der Waals surface area contributed by atoms with Crippen LogP contribution < -0.4 is 10.2 Å². The molecule has 0 fully saturated rings. The van der Waals surface area contributed by atoms with Crippen molar-refractivity contribution in [2.45, 2.75) is 38.6 Å². The highest BCUT2D eigenvalue weighted by Gasteiger charge is 2.23. The van der Waals surface area contributed by atoms with Crippen molar-refractivity contribution in [3.05, 3.63) is 42.0 Å². The average Bonchev–Trinajstić information content (AvgIpc) is 3.13. The first kappa shape index (κ1) is 14.2.